The van der Waals surface area contributed by atoms with Crippen LogP contribution in [0, 0.1) is 0 Å². The number of aliphatic hydroxyl groups excluding tert-OH is 2. The lowest BCUT2D eigenvalue weighted by atomic mass is 9.79. The lowest BCUT2D eigenvalue weighted by Gasteiger charge is -2.28. The summed E-state index contributed by atoms with van der Waals surface area (Å²) in [5.41, 5.74) is 8.84. The summed E-state index contributed by atoms with van der Waals surface area (Å²) in [6.45, 7) is 24.9. The van der Waals surface area contributed by atoms with Crippen molar-refractivity contribution in [1.82, 2.24) is 9.97 Å². The zero-order valence-electron chi connectivity index (χ0n) is 41.6. The summed E-state index contributed by atoms with van der Waals surface area (Å²) in [5, 5.41) is 44.6. The van der Waals surface area contributed by atoms with Crippen LogP contribution in [0.15, 0.2) is 85.2 Å². The molecule has 0 spiro atoms. The number of carbonyl (C=O) groups excluding carboxylic acids is 2. The third-order valence-electron chi connectivity index (χ3n) is 12.8. The van der Waals surface area contributed by atoms with Crippen molar-refractivity contribution >= 4 is 11.9 Å². The Morgan fingerprint density at radius 2 is 0.691 bits per heavy atom. The monoisotopic (exact) mass is 918 g/mol. The van der Waals surface area contributed by atoms with E-state index >= 15 is 0 Å². The van der Waals surface area contributed by atoms with Crippen LogP contribution in [-0.2, 0) is 60.6 Å². The Kier molecular flexibility index (Phi) is 13.6. The molecule has 4 N–H and O–H groups in total. The van der Waals surface area contributed by atoms with Crippen LogP contribution in [0.3, 0.4) is 0 Å². The minimum atomic E-state index is -0.639. The Morgan fingerprint density at radius 1 is 0.441 bits per heavy atom. The highest BCUT2D eigenvalue weighted by Crippen LogP contribution is 2.44. The first-order valence-electron chi connectivity index (χ1n) is 23.3. The zero-order valence-corrected chi connectivity index (χ0v) is 41.6. The van der Waals surface area contributed by atoms with Crippen molar-refractivity contribution in [3.05, 3.63) is 174 Å². The van der Waals surface area contributed by atoms with Crippen molar-refractivity contribution in [2.75, 3.05) is 0 Å². The molecule has 0 radical (unpaired) electrons. The molecule has 0 aliphatic heterocycles. The van der Waals surface area contributed by atoms with E-state index in [1.165, 1.54) is 12.4 Å². The maximum Gasteiger partial charge on any atom is 0.345 e. The molecule has 8 bridgehead atoms. The lowest BCUT2D eigenvalue weighted by Crippen LogP contribution is -2.18. The average molecular weight is 919 g/mol. The topological polar surface area (TPSA) is 159 Å². The molecule has 0 fully saturated rings. The van der Waals surface area contributed by atoms with E-state index in [0.717, 1.165) is 22.3 Å². The van der Waals surface area contributed by atoms with Gasteiger partial charge in [0.1, 0.15) is 23.0 Å². The molecule has 0 amide bonds. The molecule has 4 aromatic carbocycles. The summed E-state index contributed by atoms with van der Waals surface area (Å²) in [6.07, 6.45) is 3.48. The first kappa shape index (κ1) is 49.5. The number of aromatic nitrogens is 2. The Balaban J connectivity index is 1.56. The fourth-order valence-corrected chi connectivity index (χ4v) is 8.49. The fourth-order valence-electron chi connectivity index (χ4n) is 8.49. The summed E-state index contributed by atoms with van der Waals surface area (Å²) in [6, 6.07) is 22.5. The van der Waals surface area contributed by atoms with Gasteiger partial charge in [0.15, 0.2) is 0 Å². The first-order chi connectivity index (χ1) is 31.7. The molecule has 10 heteroatoms. The molecule has 1 aliphatic rings. The van der Waals surface area contributed by atoms with Gasteiger partial charge in [0.2, 0.25) is 0 Å². The number of esters is 2. The van der Waals surface area contributed by atoms with Gasteiger partial charge >= 0.3 is 11.9 Å². The number of hydrogen-bond donors (Lipinski definition) is 4. The molecule has 68 heavy (non-hydrogen) atoms. The van der Waals surface area contributed by atoms with Crippen molar-refractivity contribution in [2.45, 2.75) is 144 Å². The smallest absolute Gasteiger partial charge is 0.345 e. The molecular weight excluding hydrogens is 853 g/mol. The van der Waals surface area contributed by atoms with Crippen molar-refractivity contribution in [2.24, 2.45) is 0 Å². The molecule has 356 valence electrons. The van der Waals surface area contributed by atoms with Crippen LogP contribution >= 0.6 is 0 Å². The quantitative estimate of drug-likeness (QED) is 0.0934. The van der Waals surface area contributed by atoms with Crippen LogP contribution in [0.5, 0.6) is 23.0 Å². The lowest BCUT2D eigenvalue weighted by molar-refractivity contribution is 0.0721. The second-order valence-electron chi connectivity index (χ2n) is 22.4. The van der Waals surface area contributed by atoms with Crippen LogP contribution < -0.4 is 9.47 Å². The number of nitrogens with zero attached hydrogens (tertiary/aromatic N) is 2. The Bertz CT molecular complexity index is 2590. The van der Waals surface area contributed by atoms with Crippen molar-refractivity contribution in [3.8, 4) is 23.0 Å². The summed E-state index contributed by atoms with van der Waals surface area (Å²) < 4.78 is 13.0. The predicted octanol–water partition coefficient (Wildman–Crippen LogP) is 11.2. The van der Waals surface area contributed by atoms with E-state index in [1.54, 1.807) is 24.3 Å². The number of phenols is 2. The maximum atomic E-state index is 14.2. The first-order valence-corrected chi connectivity index (χ1v) is 23.3. The van der Waals surface area contributed by atoms with Crippen LogP contribution in [-0.4, -0.2) is 42.3 Å². The van der Waals surface area contributed by atoms with E-state index < -0.39 is 11.9 Å². The molecule has 2 heterocycles. The number of phenolic OH excluding ortho intramolecular Hbond substituents is 2. The second-order valence-corrected chi connectivity index (χ2v) is 22.4. The number of ether oxygens (including phenoxy) is 2. The van der Waals surface area contributed by atoms with Crippen molar-refractivity contribution in [3.63, 3.8) is 0 Å². The summed E-state index contributed by atoms with van der Waals surface area (Å²) in [7, 11) is 0. The third kappa shape index (κ3) is 10.8. The second kappa shape index (κ2) is 18.6. The van der Waals surface area contributed by atoms with Crippen LogP contribution in [0.2, 0.25) is 0 Å². The number of aromatic hydroxyl groups is 2. The average Bonchev–Trinajstić information content (AvgIpc) is 3.26. The van der Waals surface area contributed by atoms with E-state index in [-0.39, 0.29) is 83.2 Å². The molecule has 10 nitrogen and oxygen atoms in total. The van der Waals surface area contributed by atoms with Gasteiger partial charge < -0.3 is 29.9 Å². The summed E-state index contributed by atoms with van der Waals surface area (Å²) in [5.74, 6) is -0.507. The van der Waals surface area contributed by atoms with E-state index in [0.29, 0.717) is 67.4 Å². The van der Waals surface area contributed by atoms with Crippen LogP contribution in [0.1, 0.15) is 182 Å². The van der Waals surface area contributed by atoms with Gasteiger partial charge in [0.05, 0.1) is 35.7 Å². The van der Waals surface area contributed by atoms with E-state index in [2.05, 4.69) is 93.1 Å². The molecule has 1 aliphatic carbocycles. The number of carbonyl (C=O) groups is 2. The predicted molar refractivity (Wildman–Crippen MR) is 265 cm³/mol. The van der Waals surface area contributed by atoms with Crippen molar-refractivity contribution < 1.29 is 39.5 Å². The highest BCUT2D eigenvalue weighted by atomic mass is 16.5. The Labute approximate surface area is 401 Å². The highest BCUT2D eigenvalue weighted by Gasteiger charge is 2.30. The Hall–Kier alpha value is -6.36. The standard InChI is InChI=1S/C58H66N2O8/c1-55(2,3)43-21-35-17-39-25-45(57(7,8)9)27-41(51(39)67-53(65)33-13-15-47(31-61)59-29-33)19-37-23-44(56(4,5)6)24-38(50(37)64)20-42-28-46(58(10,11)12)26-40(18-36(22-43)49(35)63)52(42)68-54(66)34-14-16-48(32-62)60-30-34/h13-16,21-30,61-64H,17-20,31-32H2,1-12H3. The number of rotatable bonds is 6. The van der Waals surface area contributed by atoms with E-state index in [9.17, 15) is 30.0 Å². The van der Waals surface area contributed by atoms with Gasteiger partial charge in [-0.05, 0) is 90.4 Å². The molecule has 6 aromatic rings. The van der Waals surface area contributed by atoms with Crippen LogP contribution in [0.25, 0.3) is 0 Å². The van der Waals surface area contributed by atoms with E-state index in [4.69, 9.17) is 9.47 Å². The largest absolute Gasteiger partial charge is 0.507 e. The summed E-state index contributed by atoms with van der Waals surface area (Å²) >= 11 is 0. The third-order valence-corrected chi connectivity index (χ3v) is 12.8. The number of benzene rings is 4. The molecule has 2 aromatic heterocycles. The highest BCUT2D eigenvalue weighted by molar-refractivity contribution is 5.92. The molecular formula is C58H66N2O8. The van der Waals surface area contributed by atoms with Gasteiger partial charge in [-0.15, -0.1) is 0 Å². The number of fused-ring (bicyclic) bond motifs is 8. The van der Waals surface area contributed by atoms with Crippen LogP contribution in [0.4, 0.5) is 0 Å². The van der Waals surface area contributed by atoms with Gasteiger partial charge in [-0.1, -0.05) is 132 Å². The van der Waals surface area contributed by atoms with Gasteiger partial charge in [-0.25, -0.2) is 9.59 Å². The van der Waals surface area contributed by atoms with Crippen molar-refractivity contribution in [1.29, 1.82) is 0 Å². The minimum Gasteiger partial charge on any atom is -0.507 e. The molecule has 0 atom stereocenters. The Morgan fingerprint density at radius 3 is 0.897 bits per heavy atom. The minimum absolute atomic E-state index is 0.0651. The summed E-state index contributed by atoms with van der Waals surface area (Å²) in [4.78, 5) is 36.9. The molecule has 0 saturated carbocycles. The normalized spacial score (nSPS) is 13.3. The number of pyridine rings is 2. The van der Waals surface area contributed by atoms with Gasteiger partial charge in [0, 0.05) is 60.3 Å². The fraction of sp³-hybridized carbons (Fsp3) is 0.379. The molecule has 0 unspecified atom stereocenters. The maximum absolute atomic E-state index is 14.2. The van der Waals surface area contributed by atoms with E-state index in [1.807, 2.05) is 48.5 Å². The number of hydrogen-bond acceptors (Lipinski definition) is 10. The number of aliphatic hydroxyl groups is 2. The van der Waals surface area contributed by atoms with Gasteiger partial charge in [-0.2, -0.15) is 0 Å². The van der Waals surface area contributed by atoms with Gasteiger partial charge in [0.25, 0.3) is 0 Å². The van der Waals surface area contributed by atoms with Gasteiger partial charge in [-0.3, -0.25) is 9.97 Å². The zero-order chi connectivity index (χ0) is 49.7. The SMILES string of the molecule is CC(C)(C)c1cc2c(O)c(c1)Cc1cc(C(C)(C)C)cc(c1OC(=O)c1ccc(CO)nc1)Cc1cc(C(C)(C)C)cc(c1O)Cc1cc(C(C)(C)C)cc(c1OC(=O)c1ccc(CO)nc1)C2. The molecule has 0 saturated heterocycles. The molecule has 7 rings (SSSR count).